The van der Waals surface area contributed by atoms with Gasteiger partial charge in [0.2, 0.25) is 0 Å². The lowest BCUT2D eigenvalue weighted by Crippen LogP contribution is -2.58. The Morgan fingerprint density at radius 2 is 1.93 bits per heavy atom. The summed E-state index contributed by atoms with van der Waals surface area (Å²) in [6, 6.07) is 0.622. The van der Waals surface area contributed by atoms with Crippen molar-refractivity contribution in [3.05, 3.63) is 52.3 Å². The van der Waals surface area contributed by atoms with Crippen molar-refractivity contribution in [1.29, 1.82) is 0 Å². The van der Waals surface area contributed by atoms with E-state index in [1.54, 1.807) is 11.2 Å². The number of rotatable bonds is 2. The standard InChI is InChI=1S/C18H19F5N4O.CH4S/c1-8-11-6-27(7-14(11)26-25-8)15-5-13(24)16(28-17(15)18(21,22)23)10-4-9(19)2-3-12(10)20;1-2/h2-4,13,15-17H,5-7,24H2,1H3,(H,25,26);2H,1H3/t13?,15?,16-,17?;/m1./s1. The second kappa shape index (κ2) is 8.81. The maximum atomic E-state index is 14.1. The van der Waals surface area contributed by atoms with Crippen LogP contribution in [0.15, 0.2) is 18.2 Å². The van der Waals surface area contributed by atoms with E-state index in [2.05, 4.69) is 22.8 Å². The third-order valence-electron chi connectivity index (χ3n) is 5.48. The van der Waals surface area contributed by atoms with E-state index < -0.39 is 42.1 Å². The van der Waals surface area contributed by atoms with E-state index in [1.807, 2.05) is 6.92 Å². The number of ether oxygens (including phenoxy) is 1. The van der Waals surface area contributed by atoms with Crippen LogP contribution in [0, 0.1) is 18.6 Å². The molecule has 2 aromatic rings. The van der Waals surface area contributed by atoms with Crippen molar-refractivity contribution in [2.75, 3.05) is 6.26 Å². The fourth-order valence-corrected chi connectivity index (χ4v) is 4.08. The number of aromatic amines is 1. The second-order valence-electron chi connectivity index (χ2n) is 7.33. The van der Waals surface area contributed by atoms with Crippen molar-refractivity contribution in [3.63, 3.8) is 0 Å². The fourth-order valence-electron chi connectivity index (χ4n) is 4.08. The predicted octanol–water partition coefficient (Wildman–Crippen LogP) is 3.65. The molecule has 4 atom stereocenters. The highest BCUT2D eigenvalue weighted by atomic mass is 32.1. The Morgan fingerprint density at radius 1 is 1.23 bits per heavy atom. The van der Waals surface area contributed by atoms with Gasteiger partial charge in [-0.05, 0) is 37.8 Å². The number of nitrogens with zero attached hydrogens (tertiary/aromatic N) is 2. The Hall–Kier alpha value is -1.69. The Kier molecular flexibility index (Phi) is 6.75. The van der Waals surface area contributed by atoms with Crippen LogP contribution >= 0.6 is 12.6 Å². The molecule has 11 heteroatoms. The molecule has 0 bridgehead atoms. The summed E-state index contributed by atoms with van der Waals surface area (Å²) in [5, 5.41) is 6.94. The van der Waals surface area contributed by atoms with Gasteiger partial charge >= 0.3 is 6.18 Å². The smallest absolute Gasteiger partial charge is 0.357 e. The molecule has 2 aliphatic heterocycles. The van der Waals surface area contributed by atoms with Crippen molar-refractivity contribution in [1.82, 2.24) is 15.1 Å². The van der Waals surface area contributed by atoms with E-state index in [-0.39, 0.29) is 18.5 Å². The SMILES string of the molecule is CS.Cc1[nH]nc2c1CN(C1CC(N)[C@@H](c3cc(F)ccc3F)OC1C(F)(F)F)C2. The monoisotopic (exact) mass is 450 g/mol. The lowest BCUT2D eigenvalue weighted by molar-refractivity contribution is -0.269. The molecule has 5 nitrogen and oxygen atoms in total. The van der Waals surface area contributed by atoms with Crippen molar-refractivity contribution in [2.45, 2.75) is 56.9 Å². The Morgan fingerprint density at radius 3 is 2.57 bits per heavy atom. The van der Waals surface area contributed by atoms with Gasteiger partial charge in [0.05, 0.1) is 5.69 Å². The molecule has 0 amide bonds. The van der Waals surface area contributed by atoms with Crippen LogP contribution in [0.2, 0.25) is 0 Å². The molecule has 3 N–H and O–H groups in total. The molecule has 2 aliphatic rings. The Labute approximate surface area is 176 Å². The van der Waals surface area contributed by atoms with Crippen molar-refractivity contribution in [3.8, 4) is 0 Å². The van der Waals surface area contributed by atoms with Gasteiger partial charge in [-0.2, -0.15) is 30.9 Å². The molecule has 1 fully saturated rings. The number of nitrogens with one attached hydrogen (secondary N) is 1. The summed E-state index contributed by atoms with van der Waals surface area (Å²) in [7, 11) is 0. The average Bonchev–Trinajstić information content (AvgIpc) is 3.26. The van der Waals surface area contributed by atoms with Crippen LogP contribution < -0.4 is 5.73 Å². The third kappa shape index (κ3) is 4.34. The molecule has 4 rings (SSSR count). The van der Waals surface area contributed by atoms with Gasteiger partial charge in [0.25, 0.3) is 0 Å². The summed E-state index contributed by atoms with van der Waals surface area (Å²) < 4.78 is 74.3. The fraction of sp³-hybridized carbons (Fsp3) is 0.526. The zero-order valence-electron chi connectivity index (χ0n) is 16.4. The van der Waals surface area contributed by atoms with Gasteiger partial charge in [-0.3, -0.25) is 10.00 Å². The van der Waals surface area contributed by atoms with E-state index in [9.17, 15) is 22.0 Å². The first-order valence-corrected chi connectivity index (χ1v) is 10.2. The minimum atomic E-state index is -4.69. The number of hydrogen-bond acceptors (Lipinski definition) is 5. The second-order valence-corrected chi connectivity index (χ2v) is 7.33. The highest BCUT2D eigenvalue weighted by Gasteiger charge is 2.54. The summed E-state index contributed by atoms with van der Waals surface area (Å²) in [5.74, 6) is -1.61. The molecular weight excluding hydrogens is 427 g/mol. The first-order chi connectivity index (χ1) is 14.1. The zero-order valence-corrected chi connectivity index (χ0v) is 17.3. The maximum Gasteiger partial charge on any atom is 0.416 e. The van der Waals surface area contributed by atoms with Crippen LogP contribution in [0.5, 0.6) is 0 Å². The topological polar surface area (TPSA) is 67.2 Å². The first kappa shape index (κ1) is 23.0. The number of alkyl halides is 3. The Balaban J connectivity index is 0.00000124. The van der Waals surface area contributed by atoms with Crippen LogP contribution in [0.3, 0.4) is 0 Å². The maximum absolute atomic E-state index is 14.1. The molecule has 1 aromatic carbocycles. The molecule has 0 saturated carbocycles. The zero-order chi connectivity index (χ0) is 22.2. The summed E-state index contributed by atoms with van der Waals surface area (Å²) in [4.78, 5) is 1.63. The predicted molar refractivity (Wildman–Crippen MR) is 104 cm³/mol. The van der Waals surface area contributed by atoms with Crippen LogP contribution in [0.25, 0.3) is 0 Å². The lowest BCUT2D eigenvalue weighted by atomic mass is 9.89. The number of aromatic nitrogens is 2. The largest absolute Gasteiger partial charge is 0.416 e. The van der Waals surface area contributed by atoms with Crippen molar-refractivity contribution in [2.24, 2.45) is 5.73 Å². The highest BCUT2D eigenvalue weighted by Crippen LogP contribution is 2.42. The van der Waals surface area contributed by atoms with E-state index in [1.165, 1.54) is 0 Å². The highest BCUT2D eigenvalue weighted by molar-refractivity contribution is 7.79. The van der Waals surface area contributed by atoms with E-state index in [4.69, 9.17) is 10.5 Å². The number of hydrogen-bond donors (Lipinski definition) is 3. The van der Waals surface area contributed by atoms with Gasteiger partial charge in [-0.25, -0.2) is 8.78 Å². The molecule has 3 heterocycles. The molecular formula is C19H23F5N4OS. The molecule has 3 unspecified atom stereocenters. The van der Waals surface area contributed by atoms with Gasteiger partial charge in [-0.1, -0.05) is 0 Å². The molecule has 0 aliphatic carbocycles. The normalized spacial score (nSPS) is 26.8. The van der Waals surface area contributed by atoms with Crippen LogP contribution in [-0.4, -0.2) is 45.7 Å². The number of halogens is 5. The molecule has 0 spiro atoms. The molecule has 1 aromatic heterocycles. The van der Waals surface area contributed by atoms with E-state index >= 15 is 0 Å². The number of nitrogens with two attached hydrogens (primary N) is 1. The van der Waals surface area contributed by atoms with Crippen LogP contribution in [0.4, 0.5) is 22.0 Å². The van der Waals surface area contributed by atoms with Gasteiger partial charge in [-0.15, -0.1) is 0 Å². The third-order valence-corrected chi connectivity index (χ3v) is 5.48. The molecule has 1 saturated heterocycles. The number of aryl methyl sites for hydroxylation is 1. The summed E-state index contributed by atoms with van der Waals surface area (Å²) in [6.07, 6.45) is -6.62. The van der Waals surface area contributed by atoms with Crippen LogP contribution in [0.1, 0.15) is 35.0 Å². The van der Waals surface area contributed by atoms with Gasteiger partial charge in [0, 0.05) is 42.0 Å². The first-order valence-electron chi connectivity index (χ1n) is 9.29. The average molecular weight is 450 g/mol. The van der Waals surface area contributed by atoms with Crippen molar-refractivity contribution >= 4 is 12.6 Å². The van der Waals surface area contributed by atoms with Crippen LogP contribution in [-0.2, 0) is 17.8 Å². The number of fused-ring (bicyclic) bond motifs is 1. The van der Waals surface area contributed by atoms with Gasteiger partial charge in [0.1, 0.15) is 17.7 Å². The van der Waals surface area contributed by atoms with Gasteiger partial charge < -0.3 is 10.5 Å². The Bertz CT molecular complexity index is 890. The molecule has 0 radical (unpaired) electrons. The number of thiol groups is 1. The minimum absolute atomic E-state index is 0.0716. The quantitative estimate of drug-likeness (QED) is 0.483. The number of benzene rings is 1. The number of H-pyrrole nitrogens is 1. The van der Waals surface area contributed by atoms with E-state index in [0.717, 1.165) is 29.5 Å². The van der Waals surface area contributed by atoms with E-state index in [0.29, 0.717) is 12.2 Å². The summed E-state index contributed by atoms with van der Waals surface area (Å²) in [6.45, 7) is 2.35. The summed E-state index contributed by atoms with van der Waals surface area (Å²) in [5.41, 5.74) is 8.15. The van der Waals surface area contributed by atoms with Crippen molar-refractivity contribution < 1.29 is 26.7 Å². The minimum Gasteiger partial charge on any atom is -0.357 e. The molecule has 30 heavy (non-hydrogen) atoms. The molecule has 166 valence electrons. The van der Waals surface area contributed by atoms with Gasteiger partial charge in [0.15, 0.2) is 6.10 Å². The summed E-state index contributed by atoms with van der Waals surface area (Å²) >= 11 is 3.53. The lowest BCUT2D eigenvalue weighted by Gasteiger charge is -2.44.